The second kappa shape index (κ2) is 5.87. The summed E-state index contributed by atoms with van der Waals surface area (Å²) in [6.07, 6.45) is -4.64. The minimum absolute atomic E-state index is 0.194. The van der Waals surface area contributed by atoms with Crippen molar-refractivity contribution in [3.05, 3.63) is 59.7 Å². The molecule has 0 fully saturated rings. The molecule has 0 aromatic heterocycles. The second-order valence-corrected chi connectivity index (χ2v) is 4.09. The van der Waals surface area contributed by atoms with Gasteiger partial charge in [-0.15, -0.1) is 0 Å². The molecule has 110 valence electrons. The van der Waals surface area contributed by atoms with Crippen molar-refractivity contribution in [1.29, 1.82) is 0 Å². The topological polar surface area (TPSA) is 35.5 Å². The average molecular weight is 296 g/mol. The molecule has 0 aliphatic carbocycles. The van der Waals surface area contributed by atoms with Crippen molar-refractivity contribution in [1.82, 2.24) is 0 Å². The van der Waals surface area contributed by atoms with Crippen LogP contribution in [0.5, 0.6) is 11.5 Å². The lowest BCUT2D eigenvalue weighted by atomic mass is 10.1. The Bertz CT molecular complexity index is 636. The molecule has 0 bridgehead atoms. The van der Waals surface area contributed by atoms with Gasteiger partial charge in [0, 0.05) is 0 Å². The Labute approximate surface area is 118 Å². The van der Waals surface area contributed by atoms with Gasteiger partial charge in [-0.3, -0.25) is 0 Å². The van der Waals surface area contributed by atoms with Gasteiger partial charge < -0.3 is 9.47 Å². The number of carbonyl (C=O) groups is 1. The van der Waals surface area contributed by atoms with Gasteiger partial charge in [-0.1, -0.05) is 24.3 Å². The molecule has 0 unspecified atom stereocenters. The zero-order valence-electron chi connectivity index (χ0n) is 11.0. The monoisotopic (exact) mass is 296 g/mol. The third kappa shape index (κ3) is 3.34. The van der Waals surface area contributed by atoms with Gasteiger partial charge in [-0.2, -0.15) is 13.2 Å². The molecule has 0 saturated heterocycles. The maximum atomic E-state index is 13.1. The Morgan fingerprint density at radius 2 is 1.67 bits per heavy atom. The third-order valence-electron chi connectivity index (χ3n) is 2.69. The first-order valence-corrected chi connectivity index (χ1v) is 5.95. The maximum Gasteiger partial charge on any atom is 0.420 e. The number of halogens is 3. The second-order valence-electron chi connectivity index (χ2n) is 4.09. The summed E-state index contributed by atoms with van der Waals surface area (Å²) in [7, 11) is 1.09. The number of methoxy groups -OCH3 is 1. The van der Waals surface area contributed by atoms with Gasteiger partial charge >= 0.3 is 12.1 Å². The van der Waals surface area contributed by atoms with E-state index in [1.165, 1.54) is 18.2 Å². The fourth-order valence-electron chi connectivity index (χ4n) is 1.75. The van der Waals surface area contributed by atoms with Crippen LogP contribution in [0.4, 0.5) is 13.2 Å². The van der Waals surface area contributed by atoms with Crippen molar-refractivity contribution in [3.63, 3.8) is 0 Å². The molecule has 0 aliphatic heterocycles. The summed E-state index contributed by atoms with van der Waals surface area (Å²) in [6.45, 7) is 0. The first kappa shape index (κ1) is 14.9. The van der Waals surface area contributed by atoms with Crippen molar-refractivity contribution in [2.75, 3.05) is 7.11 Å². The van der Waals surface area contributed by atoms with E-state index in [1.54, 1.807) is 18.2 Å². The SMILES string of the molecule is COC(=O)c1cccc(C(F)(F)F)c1Oc1ccccc1. The van der Waals surface area contributed by atoms with Crippen molar-refractivity contribution in [2.24, 2.45) is 0 Å². The number of ether oxygens (including phenoxy) is 2. The molecule has 3 nitrogen and oxygen atoms in total. The highest BCUT2D eigenvalue weighted by molar-refractivity contribution is 5.93. The molecule has 0 heterocycles. The molecular weight excluding hydrogens is 285 g/mol. The Morgan fingerprint density at radius 3 is 2.24 bits per heavy atom. The molecule has 0 amide bonds. The Hall–Kier alpha value is -2.50. The van der Waals surface area contributed by atoms with E-state index in [0.717, 1.165) is 19.2 Å². The maximum absolute atomic E-state index is 13.1. The molecule has 0 spiro atoms. The van der Waals surface area contributed by atoms with Gasteiger partial charge in [0.25, 0.3) is 0 Å². The molecular formula is C15H11F3O3. The van der Waals surface area contributed by atoms with Crippen LogP contribution in [0.15, 0.2) is 48.5 Å². The van der Waals surface area contributed by atoms with Crippen LogP contribution in [0.3, 0.4) is 0 Å². The molecule has 2 aromatic rings. The quantitative estimate of drug-likeness (QED) is 0.793. The normalized spacial score (nSPS) is 11.0. The molecule has 0 aliphatic rings. The molecule has 0 saturated carbocycles. The summed E-state index contributed by atoms with van der Waals surface area (Å²) >= 11 is 0. The van der Waals surface area contributed by atoms with Crippen LogP contribution in [-0.4, -0.2) is 13.1 Å². The van der Waals surface area contributed by atoms with Crippen LogP contribution in [0, 0.1) is 0 Å². The van der Waals surface area contributed by atoms with Gasteiger partial charge in [0.1, 0.15) is 11.3 Å². The van der Waals surface area contributed by atoms with Crippen LogP contribution >= 0.6 is 0 Å². The van der Waals surface area contributed by atoms with Crippen molar-refractivity contribution < 1.29 is 27.4 Å². The lowest BCUT2D eigenvalue weighted by Crippen LogP contribution is -2.12. The van der Waals surface area contributed by atoms with Crippen molar-refractivity contribution in [2.45, 2.75) is 6.18 Å². The number of benzene rings is 2. The van der Waals surface area contributed by atoms with Gasteiger partial charge in [-0.05, 0) is 24.3 Å². The number of alkyl halides is 3. The summed E-state index contributed by atoms with van der Waals surface area (Å²) in [5.41, 5.74) is -1.31. The summed E-state index contributed by atoms with van der Waals surface area (Å²) in [5, 5.41) is 0. The highest BCUT2D eigenvalue weighted by Crippen LogP contribution is 2.40. The van der Waals surface area contributed by atoms with E-state index < -0.39 is 23.5 Å². The lowest BCUT2D eigenvalue weighted by molar-refractivity contribution is -0.138. The van der Waals surface area contributed by atoms with Crippen molar-refractivity contribution >= 4 is 5.97 Å². The van der Waals surface area contributed by atoms with Crippen molar-refractivity contribution in [3.8, 4) is 11.5 Å². The molecule has 0 atom stereocenters. The Balaban J connectivity index is 2.56. The first-order valence-electron chi connectivity index (χ1n) is 5.95. The lowest BCUT2D eigenvalue weighted by Gasteiger charge is -2.16. The van der Waals surface area contributed by atoms with E-state index in [9.17, 15) is 18.0 Å². The van der Waals surface area contributed by atoms with E-state index in [0.29, 0.717) is 0 Å². The summed E-state index contributed by atoms with van der Waals surface area (Å²) in [4.78, 5) is 11.6. The van der Waals surface area contributed by atoms with Crippen LogP contribution in [0.1, 0.15) is 15.9 Å². The smallest absolute Gasteiger partial charge is 0.420 e. The zero-order chi connectivity index (χ0) is 15.5. The van der Waals surface area contributed by atoms with Gasteiger partial charge in [-0.25, -0.2) is 4.79 Å². The standard InChI is InChI=1S/C15H11F3O3/c1-20-14(19)11-8-5-9-12(15(16,17)18)13(11)21-10-6-3-2-4-7-10/h2-9H,1H3. The van der Waals surface area contributed by atoms with E-state index in [1.807, 2.05) is 0 Å². The van der Waals surface area contributed by atoms with Crippen LogP contribution in [-0.2, 0) is 10.9 Å². The van der Waals surface area contributed by atoms with Gasteiger partial charge in [0.05, 0.1) is 12.7 Å². The number of rotatable bonds is 3. The Morgan fingerprint density at radius 1 is 1.00 bits per heavy atom. The molecule has 2 rings (SSSR count). The molecule has 21 heavy (non-hydrogen) atoms. The van der Waals surface area contributed by atoms with Gasteiger partial charge in [0.15, 0.2) is 5.75 Å². The predicted octanol–water partition coefficient (Wildman–Crippen LogP) is 4.28. The molecule has 2 aromatic carbocycles. The van der Waals surface area contributed by atoms with E-state index >= 15 is 0 Å². The number of esters is 1. The minimum atomic E-state index is -4.64. The predicted molar refractivity (Wildman–Crippen MR) is 69.3 cm³/mol. The van der Waals surface area contributed by atoms with E-state index in [4.69, 9.17) is 4.74 Å². The Kier molecular flexibility index (Phi) is 4.16. The minimum Gasteiger partial charge on any atom is -0.465 e. The average Bonchev–Trinajstić information content (AvgIpc) is 2.46. The number of para-hydroxylation sites is 2. The molecule has 0 radical (unpaired) electrons. The zero-order valence-corrected chi connectivity index (χ0v) is 11.0. The molecule has 6 heteroatoms. The fraction of sp³-hybridized carbons (Fsp3) is 0.133. The van der Waals surface area contributed by atoms with Crippen LogP contribution < -0.4 is 4.74 Å². The highest BCUT2D eigenvalue weighted by atomic mass is 19.4. The summed E-state index contributed by atoms with van der Waals surface area (Å²) in [6, 6.07) is 11.1. The fourth-order valence-corrected chi connectivity index (χ4v) is 1.75. The van der Waals surface area contributed by atoms with Crippen LogP contribution in [0.2, 0.25) is 0 Å². The molecule has 0 N–H and O–H groups in total. The summed E-state index contributed by atoms with van der Waals surface area (Å²) in [5.74, 6) is -1.27. The summed E-state index contributed by atoms with van der Waals surface area (Å²) < 4.78 is 49.0. The van der Waals surface area contributed by atoms with Crippen LogP contribution in [0.25, 0.3) is 0 Å². The largest absolute Gasteiger partial charge is 0.465 e. The van der Waals surface area contributed by atoms with E-state index in [-0.39, 0.29) is 11.3 Å². The highest BCUT2D eigenvalue weighted by Gasteiger charge is 2.36. The number of carbonyl (C=O) groups excluding carboxylic acids is 1. The first-order chi connectivity index (χ1) is 9.93. The van der Waals surface area contributed by atoms with E-state index in [2.05, 4.69) is 4.74 Å². The number of hydrogen-bond donors (Lipinski definition) is 0. The number of hydrogen-bond acceptors (Lipinski definition) is 3. The van der Waals surface area contributed by atoms with Gasteiger partial charge in [0.2, 0.25) is 0 Å². The third-order valence-corrected chi connectivity index (χ3v) is 2.69.